The lowest BCUT2D eigenvalue weighted by Gasteiger charge is -2.19. The van der Waals surface area contributed by atoms with Gasteiger partial charge in [-0.3, -0.25) is 0 Å². The molecule has 1 unspecified atom stereocenters. The highest BCUT2D eigenvalue weighted by Crippen LogP contribution is 2.38. The van der Waals surface area contributed by atoms with E-state index in [-0.39, 0.29) is 0 Å². The van der Waals surface area contributed by atoms with E-state index in [2.05, 4.69) is 43.6 Å². The molecule has 1 aliphatic rings. The van der Waals surface area contributed by atoms with Gasteiger partial charge in [0.25, 0.3) is 0 Å². The highest BCUT2D eigenvalue weighted by Gasteiger charge is 2.25. The van der Waals surface area contributed by atoms with Crippen molar-refractivity contribution in [3.8, 4) is 0 Å². The number of benzene rings is 1. The Morgan fingerprint density at radius 3 is 2.83 bits per heavy atom. The van der Waals surface area contributed by atoms with Crippen molar-refractivity contribution in [2.75, 3.05) is 19.8 Å². The van der Waals surface area contributed by atoms with Gasteiger partial charge >= 0.3 is 0 Å². The Hall–Kier alpha value is -1.08. The van der Waals surface area contributed by atoms with Crippen LogP contribution in [-0.4, -0.2) is 29.8 Å². The van der Waals surface area contributed by atoms with Crippen molar-refractivity contribution >= 4 is 45.1 Å². The largest absolute Gasteiger partial charge is 0.333 e. The SMILES string of the molecule is CSc1nc(SCc2ccccc2)c2c3c(sc2n1)C[NH+](C)CC3. The average Bonchev–Trinajstić information content (AvgIpc) is 2.97. The Labute approximate surface area is 154 Å². The minimum Gasteiger partial charge on any atom is -0.333 e. The number of thioether (sulfide) groups is 2. The first-order chi connectivity index (χ1) is 11.7. The third-order valence-corrected chi connectivity index (χ3v) is 7.07. The van der Waals surface area contributed by atoms with Crippen LogP contribution in [0.1, 0.15) is 16.0 Å². The highest BCUT2D eigenvalue weighted by molar-refractivity contribution is 7.99. The first kappa shape index (κ1) is 16.4. The molecule has 0 saturated carbocycles. The van der Waals surface area contributed by atoms with Crippen LogP contribution in [-0.2, 0) is 18.7 Å². The van der Waals surface area contributed by atoms with E-state index >= 15 is 0 Å². The van der Waals surface area contributed by atoms with Crippen LogP contribution >= 0.6 is 34.9 Å². The Morgan fingerprint density at radius 2 is 2.04 bits per heavy atom. The van der Waals surface area contributed by atoms with E-state index < -0.39 is 0 Å². The molecule has 1 atom stereocenters. The summed E-state index contributed by atoms with van der Waals surface area (Å²) in [4.78, 5) is 13.9. The molecule has 0 fully saturated rings. The summed E-state index contributed by atoms with van der Waals surface area (Å²) in [7, 11) is 2.28. The third-order valence-electron chi connectivity index (χ3n) is 4.35. The molecule has 1 aromatic carbocycles. The summed E-state index contributed by atoms with van der Waals surface area (Å²) in [6, 6.07) is 10.6. The fraction of sp³-hybridized carbons (Fsp3) is 0.333. The maximum Gasteiger partial charge on any atom is 0.189 e. The van der Waals surface area contributed by atoms with Crippen molar-refractivity contribution in [3.63, 3.8) is 0 Å². The van der Waals surface area contributed by atoms with E-state index in [9.17, 15) is 0 Å². The van der Waals surface area contributed by atoms with Crippen LogP contribution in [0.3, 0.4) is 0 Å². The van der Waals surface area contributed by atoms with Crippen LogP contribution in [0.25, 0.3) is 10.2 Å². The quantitative estimate of drug-likeness (QED) is 0.431. The normalized spacial score (nSPS) is 17.2. The number of fused-ring (bicyclic) bond motifs is 3. The standard InChI is InChI=1S/C18H19N3S3/c1-21-9-8-13-14(10-21)24-17-15(13)16(19-18(20-17)22-2)23-11-12-6-4-3-5-7-12/h3-7H,8-11H2,1-2H3/p+1. The third kappa shape index (κ3) is 3.20. The van der Waals surface area contributed by atoms with E-state index in [4.69, 9.17) is 9.97 Å². The number of aromatic nitrogens is 2. The Kier molecular flexibility index (Phi) is 4.81. The number of hydrogen-bond donors (Lipinski definition) is 1. The number of rotatable bonds is 4. The molecule has 124 valence electrons. The topological polar surface area (TPSA) is 30.2 Å². The first-order valence-electron chi connectivity index (χ1n) is 8.09. The summed E-state index contributed by atoms with van der Waals surface area (Å²) < 4.78 is 0. The van der Waals surface area contributed by atoms with Gasteiger partial charge in [0.1, 0.15) is 16.4 Å². The maximum atomic E-state index is 4.85. The van der Waals surface area contributed by atoms with Crippen LogP contribution in [0, 0.1) is 0 Å². The Balaban J connectivity index is 1.75. The second-order valence-electron chi connectivity index (χ2n) is 6.11. The molecule has 0 spiro atoms. The summed E-state index contributed by atoms with van der Waals surface area (Å²) in [6.45, 7) is 2.32. The molecular weight excluding hydrogens is 354 g/mol. The second kappa shape index (κ2) is 7.04. The van der Waals surface area contributed by atoms with Crippen molar-refractivity contribution in [3.05, 3.63) is 46.3 Å². The molecule has 2 aromatic heterocycles. The molecule has 0 saturated heterocycles. The van der Waals surface area contributed by atoms with Gasteiger partial charge in [-0.25, -0.2) is 9.97 Å². The van der Waals surface area contributed by atoms with E-state index in [1.54, 1.807) is 16.7 Å². The van der Waals surface area contributed by atoms with Crippen molar-refractivity contribution in [2.45, 2.75) is 28.9 Å². The minimum absolute atomic E-state index is 0.886. The van der Waals surface area contributed by atoms with Gasteiger partial charge in [0.15, 0.2) is 5.16 Å². The van der Waals surface area contributed by atoms with E-state index in [1.165, 1.54) is 32.8 Å². The summed E-state index contributed by atoms with van der Waals surface area (Å²) in [5, 5.41) is 3.36. The van der Waals surface area contributed by atoms with Crippen molar-refractivity contribution in [1.29, 1.82) is 0 Å². The van der Waals surface area contributed by atoms with Gasteiger partial charge in [-0.1, -0.05) is 42.1 Å². The Bertz CT molecular complexity index is 861. The number of nitrogens with zero attached hydrogens (tertiary/aromatic N) is 2. The van der Waals surface area contributed by atoms with Gasteiger partial charge < -0.3 is 4.90 Å². The van der Waals surface area contributed by atoms with Crippen LogP contribution in [0.2, 0.25) is 0 Å². The summed E-state index contributed by atoms with van der Waals surface area (Å²) >= 11 is 5.35. The molecule has 3 nitrogen and oxygen atoms in total. The predicted molar refractivity (Wildman–Crippen MR) is 104 cm³/mol. The molecule has 0 bridgehead atoms. The zero-order valence-corrected chi connectivity index (χ0v) is 16.3. The molecular formula is C18H20N3S3+. The lowest BCUT2D eigenvalue weighted by molar-refractivity contribution is -0.895. The second-order valence-corrected chi connectivity index (χ2v) is 8.93. The first-order valence-corrected chi connectivity index (χ1v) is 11.1. The molecule has 6 heteroatoms. The Morgan fingerprint density at radius 1 is 1.21 bits per heavy atom. The molecule has 24 heavy (non-hydrogen) atoms. The molecule has 4 rings (SSSR count). The molecule has 3 aromatic rings. The number of nitrogens with one attached hydrogen (secondary N) is 1. The summed E-state index contributed by atoms with van der Waals surface area (Å²) in [5.41, 5.74) is 2.84. The van der Waals surface area contributed by atoms with E-state index in [1.807, 2.05) is 23.1 Å². The molecule has 0 aliphatic carbocycles. The van der Waals surface area contributed by atoms with Gasteiger partial charge in [-0.2, -0.15) is 0 Å². The fourth-order valence-corrected chi connectivity index (χ4v) is 5.97. The smallest absolute Gasteiger partial charge is 0.189 e. The lowest BCUT2D eigenvalue weighted by atomic mass is 10.1. The van der Waals surface area contributed by atoms with Gasteiger partial charge in [0, 0.05) is 17.6 Å². The van der Waals surface area contributed by atoms with Gasteiger partial charge in [-0.15, -0.1) is 23.1 Å². The van der Waals surface area contributed by atoms with Gasteiger partial charge in [-0.05, 0) is 17.4 Å². The van der Waals surface area contributed by atoms with Gasteiger partial charge in [0.05, 0.1) is 18.5 Å². The van der Waals surface area contributed by atoms with Crippen molar-refractivity contribution < 1.29 is 4.90 Å². The number of hydrogen-bond acceptors (Lipinski definition) is 5. The monoisotopic (exact) mass is 374 g/mol. The lowest BCUT2D eigenvalue weighted by Crippen LogP contribution is -3.08. The molecule has 1 N–H and O–H groups in total. The number of thiophene rings is 1. The minimum atomic E-state index is 0.886. The van der Waals surface area contributed by atoms with Gasteiger partial charge in [0.2, 0.25) is 0 Å². The molecule has 0 radical (unpaired) electrons. The fourth-order valence-electron chi connectivity index (χ4n) is 3.08. The highest BCUT2D eigenvalue weighted by atomic mass is 32.2. The zero-order valence-electron chi connectivity index (χ0n) is 13.8. The molecule has 1 aliphatic heterocycles. The van der Waals surface area contributed by atoms with Crippen LogP contribution in [0.15, 0.2) is 40.5 Å². The van der Waals surface area contributed by atoms with Crippen molar-refractivity contribution in [2.24, 2.45) is 0 Å². The van der Waals surface area contributed by atoms with Crippen LogP contribution < -0.4 is 4.90 Å². The zero-order chi connectivity index (χ0) is 16.5. The van der Waals surface area contributed by atoms with Crippen LogP contribution in [0.4, 0.5) is 0 Å². The number of likely N-dealkylation sites (N-methyl/N-ethyl adjacent to an activating group) is 1. The average molecular weight is 375 g/mol. The summed E-state index contributed by atoms with van der Waals surface area (Å²) in [6.07, 6.45) is 3.19. The number of quaternary nitrogens is 1. The maximum absolute atomic E-state index is 4.85. The van der Waals surface area contributed by atoms with E-state index in [0.29, 0.717) is 0 Å². The van der Waals surface area contributed by atoms with E-state index in [0.717, 1.165) is 28.9 Å². The predicted octanol–water partition coefficient (Wildman–Crippen LogP) is 3.28. The summed E-state index contributed by atoms with van der Waals surface area (Å²) in [5.74, 6) is 0.955. The molecule has 3 heterocycles. The van der Waals surface area contributed by atoms with Crippen LogP contribution in [0.5, 0.6) is 0 Å². The van der Waals surface area contributed by atoms with Crippen molar-refractivity contribution in [1.82, 2.24) is 9.97 Å². The molecule has 0 amide bonds.